The smallest absolute Gasteiger partial charge is 0.326 e. The third kappa shape index (κ3) is 6.04. The Kier molecular flexibility index (Phi) is 8.32. The second kappa shape index (κ2) is 11.9. The van der Waals surface area contributed by atoms with Crippen LogP contribution in [0.1, 0.15) is 51.8 Å². The Hall–Kier alpha value is -4.93. The van der Waals surface area contributed by atoms with Gasteiger partial charge in [-0.1, -0.05) is 6.07 Å². The summed E-state index contributed by atoms with van der Waals surface area (Å²) in [7, 11) is 1.37. The van der Waals surface area contributed by atoms with E-state index in [9.17, 15) is 23.6 Å². The molecule has 40 heavy (non-hydrogen) atoms. The predicted octanol–water partition coefficient (Wildman–Crippen LogP) is 4.73. The summed E-state index contributed by atoms with van der Waals surface area (Å²) in [5, 5.41) is 7.37. The van der Waals surface area contributed by atoms with Crippen molar-refractivity contribution < 1.29 is 33.0 Å². The van der Waals surface area contributed by atoms with E-state index in [2.05, 4.69) is 20.9 Å². The average Bonchev–Trinajstić information content (AvgIpc) is 3.36. The number of amides is 4. The number of carbonyl (C=O) groups excluding carboxylic acids is 4. The van der Waals surface area contributed by atoms with Gasteiger partial charge in [0.15, 0.2) is 0 Å². The number of urea groups is 1. The molecule has 0 aliphatic carbocycles. The number of halogens is 1. The van der Waals surface area contributed by atoms with Crippen LogP contribution in [0.3, 0.4) is 0 Å². The molecule has 0 radical (unpaired) electrons. The molecule has 1 aliphatic rings. The molecule has 3 aromatic rings. The zero-order chi connectivity index (χ0) is 29.0. The first kappa shape index (κ1) is 28.1. The molecule has 1 aromatic heterocycles. The summed E-state index contributed by atoms with van der Waals surface area (Å²) in [6.45, 7) is 5.93. The van der Waals surface area contributed by atoms with Crippen molar-refractivity contribution in [2.75, 3.05) is 24.4 Å². The van der Waals surface area contributed by atoms with Crippen LogP contribution in [0, 0.1) is 19.7 Å². The first-order valence-corrected chi connectivity index (χ1v) is 12.6. The van der Waals surface area contributed by atoms with Gasteiger partial charge in [-0.25, -0.2) is 9.18 Å². The van der Waals surface area contributed by atoms with E-state index in [1.54, 1.807) is 31.2 Å². The molecule has 208 valence electrons. The number of esters is 1. The van der Waals surface area contributed by atoms with Crippen LogP contribution >= 0.6 is 0 Å². The highest BCUT2D eigenvalue weighted by Crippen LogP contribution is 2.36. The van der Waals surface area contributed by atoms with Crippen LogP contribution in [-0.4, -0.2) is 42.5 Å². The molecular weight excluding hydrogens is 519 g/mol. The largest absolute Gasteiger partial charge is 0.497 e. The van der Waals surface area contributed by atoms with Crippen LogP contribution < -0.4 is 20.7 Å². The Bertz CT molecular complexity index is 1540. The van der Waals surface area contributed by atoms with Gasteiger partial charge >= 0.3 is 12.0 Å². The number of fused-ring (bicyclic) bond motifs is 1. The quantitative estimate of drug-likeness (QED) is 0.237. The van der Waals surface area contributed by atoms with E-state index in [1.807, 2.05) is 13.8 Å². The van der Waals surface area contributed by atoms with Crippen molar-refractivity contribution in [3.8, 4) is 5.75 Å². The fourth-order valence-corrected chi connectivity index (χ4v) is 4.49. The highest BCUT2D eigenvalue weighted by atomic mass is 19.1. The van der Waals surface area contributed by atoms with Gasteiger partial charge < -0.3 is 25.1 Å². The zero-order valence-corrected chi connectivity index (χ0v) is 22.5. The second-order valence-corrected chi connectivity index (χ2v) is 9.10. The number of H-pyrrole nitrogens is 1. The minimum atomic E-state index is -0.921. The first-order chi connectivity index (χ1) is 19.1. The number of aromatic nitrogens is 1. The van der Waals surface area contributed by atoms with Crippen LogP contribution in [0.2, 0.25) is 0 Å². The fourth-order valence-electron chi connectivity index (χ4n) is 4.49. The highest BCUT2D eigenvalue weighted by Gasteiger charge is 2.26. The van der Waals surface area contributed by atoms with E-state index in [0.717, 1.165) is 28.6 Å². The fraction of sp³-hybridized carbons (Fsp3) is 0.241. The van der Waals surface area contributed by atoms with Crippen LogP contribution in [0.5, 0.6) is 5.75 Å². The topological polar surface area (TPSA) is 139 Å². The molecule has 4 N–H and O–H groups in total. The van der Waals surface area contributed by atoms with Crippen LogP contribution in [0.4, 0.5) is 20.6 Å². The molecule has 0 spiro atoms. The number of benzene rings is 2. The lowest BCUT2D eigenvalue weighted by molar-refractivity contribution is -0.143. The van der Waals surface area contributed by atoms with Crippen molar-refractivity contribution in [3.63, 3.8) is 0 Å². The van der Waals surface area contributed by atoms with Crippen molar-refractivity contribution in [2.24, 2.45) is 0 Å². The number of hydrogen-bond acceptors (Lipinski definition) is 6. The SMILES string of the molecule is CCOC(=O)CCc1c(C)[nH]c(/C=C2\C(=O)Nc3cc(NC(=O)NC(=O)c4ccc(OC)cc4F)ccc32)c1C. The Balaban J connectivity index is 1.47. The lowest BCUT2D eigenvalue weighted by Gasteiger charge is -2.09. The predicted molar refractivity (Wildman–Crippen MR) is 148 cm³/mol. The van der Waals surface area contributed by atoms with Crippen LogP contribution in [0.25, 0.3) is 11.6 Å². The summed E-state index contributed by atoms with van der Waals surface area (Å²) in [5.74, 6) is -2.09. The zero-order valence-electron chi connectivity index (χ0n) is 22.5. The number of ether oxygens (including phenoxy) is 2. The molecule has 11 heteroatoms. The molecule has 1 aliphatic heterocycles. The van der Waals surface area contributed by atoms with Gasteiger partial charge in [-0.05, 0) is 68.7 Å². The third-order valence-corrected chi connectivity index (χ3v) is 6.51. The first-order valence-electron chi connectivity index (χ1n) is 12.6. The maximum Gasteiger partial charge on any atom is 0.326 e. The van der Waals surface area contributed by atoms with Crippen LogP contribution in [0.15, 0.2) is 36.4 Å². The summed E-state index contributed by atoms with van der Waals surface area (Å²) >= 11 is 0. The van der Waals surface area contributed by atoms with E-state index in [0.29, 0.717) is 35.5 Å². The number of imide groups is 1. The number of aromatic amines is 1. The molecule has 2 heterocycles. The summed E-state index contributed by atoms with van der Waals surface area (Å²) < 4.78 is 24.1. The maximum atomic E-state index is 14.2. The number of hydrogen-bond donors (Lipinski definition) is 4. The Morgan fingerprint density at radius 1 is 1.10 bits per heavy atom. The minimum absolute atomic E-state index is 0.239. The number of aryl methyl sites for hydroxylation is 1. The van der Waals surface area contributed by atoms with Gasteiger partial charge in [0, 0.05) is 35.1 Å². The van der Waals surface area contributed by atoms with Crippen molar-refractivity contribution >= 4 is 46.8 Å². The number of nitrogens with one attached hydrogen (secondary N) is 4. The molecule has 4 amide bonds. The molecule has 0 atom stereocenters. The van der Waals surface area contributed by atoms with Gasteiger partial charge in [-0.15, -0.1) is 0 Å². The molecule has 0 unspecified atom stereocenters. The van der Waals surface area contributed by atoms with E-state index in [4.69, 9.17) is 9.47 Å². The number of carbonyl (C=O) groups is 4. The van der Waals surface area contributed by atoms with Gasteiger partial charge in [0.1, 0.15) is 11.6 Å². The Morgan fingerprint density at radius 2 is 1.88 bits per heavy atom. The molecule has 2 aromatic carbocycles. The van der Waals surface area contributed by atoms with Crippen molar-refractivity contribution in [1.29, 1.82) is 0 Å². The summed E-state index contributed by atoms with van der Waals surface area (Å²) in [6, 6.07) is 7.62. The lowest BCUT2D eigenvalue weighted by Crippen LogP contribution is -2.34. The Morgan fingerprint density at radius 3 is 2.58 bits per heavy atom. The highest BCUT2D eigenvalue weighted by molar-refractivity contribution is 6.35. The van der Waals surface area contributed by atoms with Gasteiger partial charge in [0.25, 0.3) is 11.8 Å². The summed E-state index contributed by atoms with van der Waals surface area (Å²) in [6.07, 6.45) is 2.53. The van der Waals surface area contributed by atoms with E-state index in [1.165, 1.54) is 19.2 Å². The molecule has 0 bridgehead atoms. The van der Waals surface area contributed by atoms with Gasteiger partial charge in [-0.2, -0.15) is 0 Å². The van der Waals surface area contributed by atoms with Crippen molar-refractivity contribution in [1.82, 2.24) is 10.3 Å². The van der Waals surface area contributed by atoms with E-state index in [-0.39, 0.29) is 29.6 Å². The van der Waals surface area contributed by atoms with Gasteiger partial charge in [-0.3, -0.25) is 19.7 Å². The van der Waals surface area contributed by atoms with Gasteiger partial charge in [0.2, 0.25) is 0 Å². The van der Waals surface area contributed by atoms with Crippen LogP contribution in [-0.2, 0) is 20.7 Å². The molecular formula is C29H29FN4O6. The number of anilines is 2. The number of rotatable bonds is 8. The summed E-state index contributed by atoms with van der Waals surface area (Å²) in [5.41, 5.74) is 5.12. The molecule has 0 saturated carbocycles. The van der Waals surface area contributed by atoms with Crippen molar-refractivity contribution in [3.05, 3.63) is 75.9 Å². The monoisotopic (exact) mass is 548 g/mol. The lowest BCUT2D eigenvalue weighted by atomic mass is 10.0. The molecule has 0 saturated heterocycles. The maximum absolute atomic E-state index is 14.2. The van der Waals surface area contributed by atoms with Crippen molar-refractivity contribution in [2.45, 2.75) is 33.6 Å². The summed E-state index contributed by atoms with van der Waals surface area (Å²) in [4.78, 5) is 52.6. The normalized spacial score (nSPS) is 13.0. The van der Waals surface area contributed by atoms with E-state index >= 15 is 0 Å². The third-order valence-electron chi connectivity index (χ3n) is 6.51. The van der Waals surface area contributed by atoms with E-state index < -0.39 is 17.8 Å². The Labute approximate surface area is 229 Å². The number of methoxy groups -OCH3 is 1. The average molecular weight is 549 g/mol. The second-order valence-electron chi connectivity index (χ2n) is 9.10. The molecule has 10 nitrogen and oxygen atoms in total. The molecule has 0 fully saturated rings. The molecule has 4 rings (SSSR count). The standard InChI is InChI=1S/C29H29FN4O6/c1-5-40-26(35)11-10-19-15(2)24(31-16(19)3)14-22-20-8-6-17(12-25(20)33-28(22)37)32-29(38)34-27(36)21-9-7-18(39-4)13-23(21)30/h6-9,12-14,31H,5,10-11H2,1-4H3,(H,33,37)(H2,32,34,36,38)/b22-14-. The van der Waals surface area contributed by atoms with Gasteiger partial charge in [0.05, 0.1) is 30.5 Å². The minimum Gasteiger partial charge on any atom is -0.497 e.